The van der Waals surface area contributed by atoms with Crippen molar-refractivity contribution in [1.29, 1.82) is 0 Å². The van der Waals surface area contributed by atoms with Crippen molar-refractivity contribution in [2.24, 2.45) is 5.41 Å². The smallest absolute Gasteiger partial charge is 0.250 e. The highest BCUT2D eigenvalue weighted by Crippen LogP contribution is 2.35. The van der Waals surface area contributed by atoms with Gasteiger partial charge in [-0.25, -0.2) is 13.1 Å². The lowest BCUT2D eigenvalue weighted by Gasteiger charge is -2.33. The zero-order valence-corrected chi connectivity index (χ0v) is 14.6. The molecule has 2 N–H and O–H groups in total. The molecule has 0 bridgehead atoms. The standard InChI is InChI=1S/C15H26N2O2S2/c1-15(9-4-3-5-10-15)12-17-21(18,19)14-7-6-13(20-14)8-11-16-2/h6-7,16-17H,3-5,8-12H2,1-2H3. The molecule has 1 heterocycles. The molecule has 0 atom stereocenters. The molecule has 1 fully saturated rings. The number of likely N-dealkylation sites (N-methyl/N-ethyl adjacent to an activating group) is 1. The van der Waals surface area contributed by atoms with Gasteiger partial charge in [0.05, 0.1) is 0 Å². The van der Waals surface area contributed by atoms with Crippen molar-refractivity contribution < 1.29 is 8.42 Å². The van der Waals surface area contributed by atoms with Crippen molar-refractivity contribution >= 4 is 21.4 Å². The summed E-state index contributed by atoms with van der Waals surface area (Å²) in [5, 5.41) is 3.08. The average Bonchev–Trinajstić information content (AvgIpc) is 2.94. The summed E-state index contributed by atoms with van der Waals surface area (Å²) in [4.78, 5) is 1.11. The quantitative estimate of drug-likeness (QED) is 0.808. The number of thiophene rings is 1. The van der Waals surface area contributed by atoms with Gasteiger partial charge in [0.15, 0.2) is 0 Å². The van der Waals surface area contributed by atoms with Crippen LogP contribution >= 0.6 is 11.3 Å². The van der Waals surface area contributed by atoms with E-state index < -0.39 is 10.0 Å². The molecule has 0 aromatic carbocycles. The molecule has 4 nitrogen and oxygen atoms in total. The lowest BCUT2D eigenvalue weighted by Crippen LogP contribution is -2.36. The van der Waals surface area contributed by atoms with Crippen LogP contribution < -0.4 is 10.0 Å². The molecule has 6 heteroatoms. The summed E-state index contributed by atoms with van der Waals surface area (Å²) in [6.07, 6.45) is 6.81. The fraction of sp³-hybridized carbons (Fsp3) is 0.733. The van der Waals surface area contributed by atoms with Gasteiger partial charge in [-0.3, -0.25) is 0 Å². The first-order valence-electron chi connectivity index (χ1n) is 7.68. The molecular formula is C15H26N2O2S2. The summed E-state index contributed by atoms with van der Waals surface area (Å²) in [6.45, 7) is 3.62. The van der Waals surface area contributed by atoms with Crippen molar-refractivity contribution in [2.75, 3.05) is 20.1 Å². The van der Waals surface area contributed by atoms with Gasteiger partial charge in [0, 0.05) is 11.4 Å². The maximum Gasteiger partial charge on any atom is 0.250 e. The summed E-state index contributed by atoms with van der Waals surface area (Å²) < 4.78 is 28.0. The van der Waals surface area contributed by atoms with E-state index in [2.05, 4.69) is 17.0 Å². The number of sulfonamides is 1. The van der Waals surface area contributed by atoms with Gasteiger partial charge in [0.25, 0.3) is 0 Å². The van der Waals surface area contributed by atoms with Gasteiger partial charge in [-0.1, -0.05) is 26.2 Å². The fourth-order valence-corrected chi connectivity index (χ4v) is 5.41. The number of rotatable bonds is 7. The molecule has 0 spiro atoms. The highest BCUT2D eigenvalue weighted by molar-refractivity contribution is 7.91. The predicted octanol–water partition coefficient (Wildman–Crippen LogP) is 2.76. The topological polar surface area (TPSA) is 58.2 Å². The molecule has 0 radical (unpaired) electrons. The van der Waals surface area contributed by atoms with Crippen LogP contribution in [0.3, 0.4) is 0 Å². The van der Waals surface area contributed by atoms with Crippen LogP contribution in [-0.2, 0) is 16.4 Å². The highest BCUT2D eigenvalue weighted by atomic mass is 32.2. The third-order valence-electron chi connectivity index (χ3n) is 4.27. The maximum absolute atomic E-state index is 12.4. The minimum Gasteiger partial charge on any atom is -0.319 e. The number of hydrogen-bond acceptors (Lipinski definition) is 4. The zero-order chi connectivity index (χ0) is 15.3. The van der Waals surface area contributed by atoms with Gasteiger partial charge in [0.1, 0.15) is 4.21 Å². The van der Waals surface area contributed by atoms with E-state index in [0.29, 0.717) is 10.8 Å². The first-order chi connectivity index (χ1) is 9.95. The number of nitrogens with one attached hydrogen (secondary N) is 2. The summed E-state index contributed by atoms with van der Waals surface area (Å²) in [5.74, 6) is 0. The molecule has 1 aromatic heterocycles. The zero-order valence-electron chi connectivity index (χ0n) is 12.9. The maximum atomic E-state index is 12.4. The molecule has 1 aromatic rings. The Kier molecular flexibility index (Phi) is 5.82. The highest BCUT2D eigenvalue weighted by Gasteiger charge is 2.29. The second kappa shape index (κ2) is 7.22. The molecular weight excluding hydrogens is 304 g/mol. The molecule has 1 saturated carbocycles. The van der Waals surface area contributed by atoms with Crippen LogP contribution in [0.15, 0.2) is 16.3 Å². The van der Waals surface area contributed by atoms with Gasteiger partial charge in [-0.05, 0) is 50.4 Å². The van der Waals surface area contributed by atoms with Crippen LogP contribution in [0.5, 0.6) is 0 Å². The van der Waals surface area contributed by atoms with E-state index in [-0.39, 0.29) is 5.41 Å². The van der Waals surface area contributed by atoms with Gasteiger partial charge < -0.3 is 5.32 Å². The van der Waals surface area contributed by atoms with Crippen molar-refractivity contribution in [2.45, 2.75) is 49.7 Å². The molecule has 2 rings (SSSR count). The van der Waals surface area contributed by atoms with Crippen LogP contribution in [0.1, 0.15) is 43.9 Å². The largest absolute Gasteiger partial charge is 0.319 e. The molecule has 0 unspecified atom stereocenters. The normalized spacial score (nSPS) is 18.8. The molecule has 0 saturated heterocycles. The summed E-state index contributed by atoms with van der Waals surface area (Å²) in [5.41, 5.74) is 0.123. The fourth-order valence-electron chi connectivity index (χ4n) is 2.81. The Bertz CT molecular complexity index is 546. The van der Waals surface area contributed by atoms with Gasteiger partial charge >= 0.3 is 0 Å². The predicted molar refractivity (Wildman–Crippen MR) is 88.3 cm³/mol. The van der Waals surface area contributed by atoms with Gasteiger partial charge in [-0.2, -0.15) is 0 Å². The van der Waals surface area contributed by atoms with E-state index >= 15 is 0 Å². The van der Waals surface area contributed by atoms with Gasteiger partial charge in [0.2, 0.25) is 10.0 Å². The monoisotopic (exact) mass is 330 g/mol. The van der Waals surface area contributed by atoms with Crippen LogP contribution in [0.2, 0.25) is 0 Å². The Morgan fingerprint density at radius 1 is 1.24 bits per heavy atom. The Morgan fingerprint density at radius 2 is 1.95 bits per heavy atom. The van der Waals surface area contributed by atoms with Crippen LogP contribution in [0.25, 0.3) is 0 Å². The van der Waals surface area contributed by atoms with E-state index in [1.54, 1.807) is 6.07 Å². The third-order valence-corrected chi connectivity index (χ3v) is 7.31. The second-order valence-corrected chi connectivity index (χ2v) is 9.43. The Balaban J connectivity index is 1.96. The lowest BCUT2D eigenvalue weighted by atomic mass is 9.76. The van der Waals surface area contributed by atoms with E-state index in [9.17, 15) is 8.42 Å². The van der Waals surface area contributed by atoms with Crippen molar-refractivity contribution in [3.05, 3.63) is 17.0 Å². The first-order valence-corrected chi connectivity index (χ1v) is 9.98. The minimum atomic E-state index is -3.35. The molecule has 120 valence electrons. The molecule has 1 aliphatic carbocycles. The SMILES string of the molecule is CNCCc1ccc(S(=O)(=O)NCC2(C)CCCCC2)s1. The third kappa shape index (κ3) is 4.77. The van der Waals surface area contributed by atoms with Crippen LogP contribution in [0, 0.1) is 5.41 Å². The number of hydrogen-bond donors (Lipinski definition) is 2. The molecule has 0 aliphatic heterocycles. The second-order valence-electron chi connectivity index (χ2n) is 6.27. The average molecular weight is 331 g/mol. The molecule has 1 aliphatic rings. The minimum absolute atomic E-state index is 0.123. The van der Waals surface area contributed by atoms with E-state index in [1.165, 1.54) is 30.6 Å². The lowest BCUT2D eigenvalue weighted by molar-refractivity contribution is 0.219. The Morgan fingerprint density at radius 3 is 2.62 bits per heavy atom. The van der Waals surface area contributed by atoms with Crippen LogP contribution in [-0.4, -0.2) is 28.6 Å². The van der Waals surface area contributed by atoms with E-state index in [1.807, 2.05) is 13.1 Å². The molecule has 0 amide bonds. The van der Waals surface area contributed by atoms with E-state index in [0.717, 1.165) is 30.7 Å². The first kappa shape index (κ1) is 16.9. The molecule has 21 heavy (non-hydrogen) atoms. The Hall–Kier alpha value is -0.430. The van der Waals surface area contributed by atoms with Crippen LogP contribution in [0.4, 0.5) is 0 Å². The van der Waals surface area contributed by atoms with Gasteiger partial charge in [-0.15, -0.1) is 11.3 Å². The Labute approximate surface area is 132 Å². The van der Waals surface area contributed by atoms with E-state index in [4.69, 9.17) is 0 Å². The van der Waals surface area contributed by atoms with Crippen molar-refractivity contribution in [3.63, 3.8) is 0 Å². The van der Waals surface area contributed by atoms with Crippen molar-refractivity contribution in [1.82, 2.24) is 10.0 Å². The summed E-state index contributed by atoms with van der Waals surface area (Å²) in [6, 6.07) is 3.64. The summed E-state index contributed by atoms with van der Waals surface area (Å²) in [7, 11) is -1.45. The van der Waals surface area contributed by atoms with Crippen molar-refractivity contribution in [3.8, 4) is 0 Å². The summed E-state index contributed by atoms with van der Waals surface area (Å²) >= 11 is 1.37.